The van der Waals surface area contributed by atoms with Crippen molar-refractivity contribution >= 4 is 23.5 Å². The van der Waals surface area contributed by atoms with Crippen LogP contribution in [0.3, 0.4) is 0 Å². The molecule has 7 heteroatoms. The average Bonchev–Trinajstić information content (AvgIpc) is 3.31. The van der Waals surface area contributed by atoms with E-state index in [0.29, 0.717) is 23.7 Å². The maximum atomic E-state index is 12.7. The zero-order chi connectivity index (χ0) is 18.1. The first-order chi connectivity index (χ1) is 11.8. The van der Waals surface area contributed by atoms with E-state index in [-0.39, 0.29) is 30.4 Å². The molecule has 134 valence electrons. The van der Waals surface area contributed by atoms with E-state index in [1.54, 1.807) is 31.2 Å². The van der Waals surface area contributed by atoms with E-state index < -0.39 is 12.1 Å². The molecule has 1 aliphatic carbocycles. The summed E-state index contributed by atoms with van der Waals surface area (Å²) in [6.07, 6.45) is -0.475. The molecule has 2 N–H and O–H groups in total. The molecule has 3 unspecified atom stereocenters. The summed E-state index contributed by atoms with van der Waals surface area (Å²) < 4.78 is 5.33. The first-order valence-electron chi connectivity index (χ1n) is 8.43. The molecule has 1 aromatic carbocycles. The van der Waals surface area contributed by atoms with Crippen LogP contribution < -0.4 is 5.32 Å². The zero-order valence-corrected chi connectivity index (χ0v) is 14.3. The van der Waals surface area contributed by atoms with E-state index >= 15 is 0 Å². The Morgan fingerprint density at radius 1 is 1.24 bits per heavy atom. The highest BCUT2D eigenvalue weighted by Gasteiger charge is 2.39. The summed E-state index contributed by atoms with van der Waals surface area (Å²) in [6, 6.07) is 6.73. The number of morpholine rings is 1. The van der Waals surface area contributed by atoms with Gasteiger partial charge in [-0.25, -0.2) is 4.79 Å². The molecule has 2 fully saturated rings. The minimum Gasteiger partial charge on any atom is -0.479 e. The lowest BCUT2D eigenvalue weighted by Crippen LogP contribution is -2.51. The van der Waals surface area contributed by atoms with Crippen molar-refractivity contribution in [2.45, 2.75) is 32.5 Å². The summed E-state index contributed by atoms with van der Waals surface area (Å²) >= 11 is 0. The van der Waals surface area contributed by atoms with Crippen molar-refractivity contribution in [2.24, 2.45) is 11.8 Å². The summed E-state index contributed by atoms with van der Waals surface area (Å²) in [5.74, 6) is -0.910. The fraction of sp³-hybridized carbons (Fsp3) is 0.500. The second kappa shape index (κ2) is 6.84. The summed E-state index contributed by atoms with van der Waals surface area (Å²) in [5.41, 5.74) is 0.992. The van der Waals surface area contributed by atoms with E-state index in [2.05, 4.69) is 5.32 Å². The van der Waals surface area contributed by atoms with Crippen LogP contribution in [0.1, 0.15) is 30.6 Å². The molecule has 1 heterocycles. The van der Waals surface area contributed by atoms with Gasteiger partial charge in [-0.15, -0.1) is 0 Å². The lowest BCUT2D eigenvalue weighted by molar-refractivity contribution is -0.160. The van der Waals surface area contributed by atoms with Gasteiger partial charge in [0.25, 0.3) is 5.91 Å². The van der Waals surface area contributed by atoms with Crippen molar-refractivity contribution in [3.8, 4) is 0 Å². The van der Waals surface area contributed by atoms with Crippen LogP contribution in [0.4, 0.5) is 5.69 Å². The van der Waals surface area contributed by atoms with E-state index in [9.17, 15) is 14.4 Å². The van der Waals surface area contributed by atoms with Crippen LogP contribution in [-0.2, 0) is 14.3 Å². The molecule has 0 spiro atoms. The Morgan fingerprint density at radius 3 is 2.60 bits per heavy atom. The van der Waals surface area contributed by atoms with E-state index in [1.165, 1.54) is 4.90 Å². The lowest BCUT2D eigenvalue weighted by Gasteiger charge is -2.35. The molecule has 1 aliphatic heterocycles. The van der Waals surface area contributed by atoms with E-state index in [0.717, 1.165) is 6.42 Å². The average molecular weight is 346 g/mol. The van der Waals surface area contributed by atoms with Gasteiger partial charge in [-0.3, -0.25) is 9.59 Å². The quantitative estimate of drug-likeness (QED) is 0.863. The van der Waals surface area contributed by atoms with Gasteiger partial charge in [-0.2, -0.15) is 0 Å². The van der Waals surface area contributed by atoms with Crippen molar-refractivity contribution in [3.05, 3.63) is 29.8 Å². The topological polar surface area (TPSA) is 95.9 Å². The number of carboxylic acids is 1. The number of rotatable bonds is 4. The third kappa shape index (κ3) is 3.99. The van der Waals surface area contributed by atoms with Crippen molar-refractivity contribution in [1.29, 1.82) is 0 Å². The van der Waals surface area contributed by atoms with Crippen LogP contribution in [0.5, 0.6) is 0 Å². The van der Waals surface area contributed by atoms with Gasteiger partial charge in [0, 0.05) is 23.7 Å². The van der Waals surface area contributed by atoms with Gasteiger partial charge < -0.3 is 20.1 Å². The van der Waals surface area contributed by atoms with Crippen LogP contribution in [0.2, 0.25) is 0 Å². The van der Waals surface area contributed by atoms with Crippen LogP contribution in [0, 0.1) is 11.8 Å². The molecule has 2 aliphatic rings. The van der Waals surface area contributed by atoms with Gasteiger partial charge >= 0.3 is 5.97 Å². The molecule has 1 saturated carbocycles. The van der Waals surface area contributed by atoms with E-state index in [1.807, 2.05) is 6.92 Å². The number of carbonyl (C=O) groups is 3. The number of ether oxygens (including phenoxy) is 1. The fourth-order valence-electron chi connectivity index (χ4n) is 3.09. The zero-order valence-electron chi connectivity index (χ0n) is 14.3. The molecule has 1 saturated heterocycles. The molecule has 0 aromatic heterocycles. The summed E-state index contributed by atoms with van der Waals surface area (Å²) in [7, 11) is 0. The van der Waals surface area contributed by atoms with Gasteiger partial charge in [0.2, 0.25) is 5.91 Å². The van der Waals surface area contributed by atoms with Crippen molar-refractivity contribution in [3.63, 3.8) is 0 Å². The van der Waals surface area contributed by atoms with Crippen LogP contribution in [0.25, 0.3) is 0 Å². The van der Waals surface area contributed by atoms with Gasteiger partial charge in [0.05, 0.1) is 12.6 Å². The number of amides is 2. The van der Waals surface area contributed by atoms with Gasteiger partial charge in [-0.05, 0) is 37.5 Å². The number of carboxylic acid groups (broad SMARTS) is 1. The Labute approximate surface area is 146 Å². The van der Waals surface area contributed by atoms with Crippen LogP contribution >= 0.6 is 0 Å². The molecule has 25 heavy (non-hydrogen) atoms. The van der Waals surface area contributed by atoms with Gasteiger partial charge in [-0.1, -0.05) is 13.0 Å². The van der Waals surface area contributed by atoms with Crippen LogP contribution in [-0.4, -0.2) is 53.1 Å². The molecule has 0 radical (unpaired) electrons. The molecular weight excluding hydrogens is 324 g/mol. The number of nitrogens with zero attached hydrogens (tertiary/aromatic N) is 1. The highest BCUT2D eigenvalue weighted by atomic mass is 16.5. The molecular formula is C18H22N2O5. The lowest BCUT2D eigenvalue weighted by atomic mass is 10.1. The highest BCUT2D eigenvalue weighted by Crippen LogP contribution is 2.38. The third-order valence-corrected chi connectivity index (χ3v) is 4.65. The number of anilines is 1. The Morgan fingerprint density at radius 2 is 1.96 bits per heavy atom. The Hall–Kier alpha value is -2.41. The van der Waals surface area contributed by atoms with Gasteiger partial charge in [0.1, 0.15) is 0 Å². The second-order valence-corrected chi connectivity index (χ2v) is 6.87. The Kier molecular flexibility index (Phi) is 4.76. The Balaban J connectivity index is 1.70. The van der Waals surface area contributed by atoms with Crippen LogP contribution in [0.15, 0.2) is 24.3 Å². The molecule has 3 rings (SSSR count). The fourth-order valence-corrected chi connectivity index (χ4v) is 3.09. The number of benzene rings is 1. The molecule has 7 nitrogen and oxygen atoms in total. The maximum absolute atomic E-state index is 12.7. The number of aliphatic carboxylic acids is 1. The van der Waals surface area contributed by atoms with Crippen molar-refractivity contribution < 1.29 is 24.2 Å². The highest BCUT2D eigenvalue weighted by molar-refractivity contribution is 5.98. The largest absolute Gasteiger partial charge is 0.479 e. The normalized spacial score (nSPS) is 28.3. The predicted octanol–water partition coefficient (Wildman–Crippen LogP) is 1.60. The minimum absolute atomic E-state index is 0.00861. The summed E-state index contributed by atoms with van der Waals surface area (Å²) in [4.78, 5) is 37.4. The van der Waals surface area contributed by atoms with Gasteiger partial charge in [0.15, 0.2) is 6.10 Å². The Bertz CT molecular complexity index is 704. The minimum atomic E-state index is -1.08. The predicted molar refractivity (Wildman–Crippen MR) is 90.2 cm³/mol. The molecule has 4 atom stereocenters. The molecule has 2 amide bonds. The number of hydrogen-bond acceptors (Lipinski definition) is 4. The number of hydrogen-bond donors (Lipinski definition) is 2. The van der Waals surface area contributed by atoms with E-state index in [4.69, 9.17) is 9.84 Å². The SMILES string of the molecule is CC1CC1C(=O)Nc1cccc(C(=O)N2CC(C(=O)O)O[C@H](C)C2)c1. The first-order valence-corrected chi connectivity index (χ1v) is 8.43. The number of carbonyl (C=O) groups excluding carboxylic acids is 2. The molecule has 1 aromatic rings. The maximum Gasteiger partial charge on any atom is 0.334 e. The van der Waals surface area contributed by atoms with Crippen molar-refractivity contribution in [1.82, 2.24) is 4.90 Å². The number of nitrogens with one attached hydrogen (secondary N) is 1. The van der Waals surface area contributed by atoms with Crippen molar-refractivity contribution in [2.75, 3.05) is 18.4 Å². The second-order valence-electron chi connectivity index (χ2n) is 6.87. The summed E-state index contributed by atoms with van der Waals surface area (Å²) in [6.45, 7) is 4.11. The smallest absolute Gasteiger partial charge is 0.334 e. The monoisotopic (exact) mass is 346 g/mol. The molecule has 0 bridgehead atoms. The first kappa shape index (κ1) is 17.4. The standard InChI is InChI=1S/C18H22N2O5/c1-10-6-14(10)16(21)19-13-5-3-4-12(7-13)17(22)20-8-11(2)25-15(9-20)18(23)24/h3-5,7,10-11,14-15H,6,8-9H2,1-2H3,(H,19,21)(H,23,24)/t10?,11-,14?,15?/m1/s1. The third-order valence-electron chi connectivity index (χ3n) is 4.65. The summed E-state index contributed by atoms with van der Waals surface area (Å²) in [5, 5.41) is 12.0.